The number of halogens is 1. The molecule has 0 aliphatic heterocycles. The molecule has 1 aliphatic carbocycles. The molecule has 1 aromatic heterocycles. The molecule has 88 valence electrons. The van der Waals surface area contributed by atoms with Crippen molar-refractivity contribution in [3.05, 3.63) is 57.5 Å². The topological polar surface area (TPSA) is 12.0 Å². The summed E-state index contributed by atoms with van der Waals surface area (Å²) < 4.78 is 13.6. The van der Waals surface area contributed by atoms with Crippen LogP contribution in [0.15, 0.2) is 35.0 Å². The van der Waals surface area contributed by atoms with Crippen LogP contribution in [0.5, 0.6) is 0 Å². The quantitative estimate of drug-likeness (QED) is 0.872. The SMILES string of the molecule is Fc1cccc2c1CCC2NCc1ccsc1. The van der Waals surface area contributed by atoms with Gasteiger partial charge in [-0.3, -0.25) is 0 Å². The van der Waals surface area contributed by atoms with Crippen LogP contribution >= 0.6 is 11.3 Å². The van der Waals surface area contributed by atoms with Gasteiger partial charge >= 0.3 is 0 Å². The molecule has 1 aliphatic rings. The van der Waals surface area contributed by atoms with Crippen molar-refractivity contribution in [2.24, 2.45) is 0 Å². The number of hydrogen-bond acceptors (Lipinski definition) is 2. The molecule has 3 heteroatoms. The van der Waals surface area contributed by atoms with E-state index in [0.29, 0.717) is 6.04 Å². The van der Waals surface area contributed by atoms with Crippen LogP contribution in [0.2, 0.25) is 0 Å². The summed E-state index contributed by atoms with van der Waals surface area (Å²) >= 11 is 1.71. The Bertz CT molecular complexity index is 507. The summed E-state index contributed by atoms with van der Waals surface area (Å²) in [6.45, 7) is 0.865. The summed E-state index contributed by atoms with van der Waals surface area (Å²) in [5.41, 5.74) is 3.34. The van der Waals surface area contributed by atoms with Crippen molar-refractivity contribution in [3.8, 4) is 0 Å². The molecule has 1 N–H and O–H groups in total. The Hall–Kier alpha value is -1.19. The average Bonchev–Trinajstić information content (AvgIpc) is 2.95. The van der Waals surface area contributed by atoms with Crippen LogP contribution in [0.25, 0.3) is 0 Å². The van der Waals surface area contributed by atoms with Crippen LogP contribution in [0.1, 0.15) is 29.2 Å². The van der Waals surface area contributed by atoms with E-state index < -0.39 is 0 Å². The van der Waals surface area contributed by atoms with Crippen molar-refractivity contribution in [1.29, 1.82) is 0 Å². The molecule has 0 fully saturated rings. The molecule has 1 nitrogen and oxygen atoms in total. The van der Waals surface area contributed by atoms with E-state index in [4.69, 9.17) is 0 Å². The van der Waals surface area contributed by atoms with Gasteiger partial charge in [0.15, 0.2) is 0 Å². The Kier molecular flexibility index (Phi) is 2.95. The minimum Gasteiger partial charge on any atom is -0.306 e. The van der Waals surface area contributed by atoms with E-state index in [1.807, 2.05) is 6.07 Å². The first-order chi connectivity index (χ1) is 8.34. The fourth-order valence-electron chi connectivity index (χ4n) is 2.46. The highest BCUT2D eigenvalue weighted by Gasteiger charge is 2.24. The molecule has 1 atom stereocenters. The monoisotopic (exact) mass is 247 g/mol. The van der Waals surface area contributed by atoms with E-state index in [1.165, 1.54) is 5.56 Å². The third-order valence-electron chi connectivity index (χ3n) is 3.35. The van der Waals surface area contributed by atoms with Gasteiger partial charge in [-0.15, -0.1) is 0 Å². The Balaban J connectivity index is 1.73. The van der Waals surface area contributed by atoms with Crippen molar-refractivity contribution >= 4 is 11.3 Å². The molecule has 1 heterocycles. The summed E-state index contributed by atoms with van der Waals surface area (Å²) in [6, 6.07) is 7.83. The number of hydrogen-bond donors (Lipinski definition) is 1. The highest BCUT2D eigenvalue weighted by Crippen LogP contribution is 2.32. The minimum atomic E-state index is -0.0534. The van der Waals surface area contributed by atoms with Gasteiger partial charge in [-0.05, 0) is 52.4 Å². The van der Waals surface area contributed by atoms with E-state index in [0.717, 1.165) is 30.5 Å². The van der Waals surface area contributed by atoms with Crippen LogP contribution in [0.3, 0.4) is 0 Å². The molecule has 2 aromatic rings. The molecular weight excluding hydrogens is 233 g/mol. The van der Waals surface area contributed by atoms with Crippen LogP contribution in [-0.4, -0.2) is 0 Å². The van der Waals surface area contributed by atoms with Gasteiger partial charge in [0.1, 0.15) is 5.82 Å². The van der Waals surface area contributed by atoms with Crippen LogP contribution < -0.4 is 5.32 Å². The number of benzene rings is 1. The average molecular weight is 247 g/mol. The van der Waals surface area contributed by atoms with Crippen molar-refractivity contribution < 1.29 is 4.39 Å². The van der Waals surface area contributed by atoms with Gasteiger partial charge in [0.25, 0.3) is 0 Å². The Morgan fingerprint density at radius 3 is 3.12 bits per heavy atom. The molecule has 0 spiro atoms. The maximum Gasteiger partial charge on any atom is 0.126 e. The standard InChI is InChI=1S/C14H14FNS/c15-13-3-1-2-12-11(13)4-5-14(12)16-8-10-6-7-17-9-10/h1-3,6-7,9,14,16H,4-5,8H2. The van der Waals surface area contributed by atoms with Gasteiger partial charge in [0.05, 0.1) is 0 Å². The predicted molar refractivity (Wildman–Crippen MR) is 68.6 cm³/mol. The van der Waals surface area contributed by atoms with Gasteiger partial charge in [-0.25, -0.2) is 4.39 Å². The largest absolute Gasteiger partial charge is 0.306 e. The molecular formula is C14H14FNS. The van der Waals surface area contributed by atoms with E-state index in [2.05, 4.69) is 22.1 Å². The van der Waals surface area contributed by atoms with Crippen molar-refractivity contribution in [3.63, 3.8) is 0 Å². The first-order valence-electron chi connectivity index (χ1n) is 5.86. The minimum absolute atomic E-state index is 0.0534. The summed E-state index contributed by atoms with van der Waals surface area (Å²) in [7, 11) is 0. The lowest BCUT2D eigenvalue weighted by molar-refractivity contribution is 0.531. The maximum absolute atomic E-state index is 13.6. The Labute approximate surface area is 104 Å². The van der Waals surface area contributed by atoms with Crippen molar-refractivity contribution in [2.75, 3.05) is 0 Å². The lowest BCUT2D eigenvalue weighted by atomic mass is 10.1. The second-order valence-electron chi connectivity index (χ2n) is 4.41. The molecule has 0 amide bonds. The van der Waals surface area contributed by atoms with Gasteiger partial charge in [-0.2, -0.15) is 11.3 Å². The molecule has 1 unspecified atom stereocenters. The van der Waals surface area contributed by atoms with Crippen LogP contribution in [-0.2, 0) is 13.0 Å². The smallest absolute Gasteiger partial charge is 0.126 e. The Morgan fingerprint density at radius 2 is 2.29 bits per heavy atom. The lowest BCUT2D eigenvalue weighted by Crippen LogP contribution is -2.18. The number of nitrogens with one attached hydrogen (secondary N) is 1. The molecule has 3 rings (SSSR count). The molecule has 1 aromatic carbocycles. The second kappa shape index (κ2) is 4.59. The molecule has 0 saturated heterocycles. The summed E-state index contributed by atoms with van der Waals surface area (Å²) in [5.74, 6) is -0.0534. The fraction of sp³-hybridized carbons (Fsp3) is 0.286. The lowest BCUT2D eigenvalue weighted by Gasteiger charge is -2.13. The van der Waals surface area contributed by atoms with Gasteiger partial charge in [0.2, 0.25) is 0 Å². The number of thiophene rings is 1. The van der Waals surface area contributed by atoms with Gasteiger partial charge in [0, 0.05) is 12.6 Å². The van der Waals surface area contributed by atoms with E-state index in [9.17, 15) is 4.39 Å². The van der Waals surface area contributed by atoms with Crippen molar-refractivity contribution in [2.45, 2.75) is 25.4 Å². The van der Waals surface area contributed by atoms with Gasteiger partial charge in [-0.1, -0.05) is 12.1 Å². The molecule has 0 radical (unpaired) electrons. The zero-order chi connectivity index (χ0) is 11.7. The zero-order valence-electron chi connectivity index (χ0n) is 9.45. The first-order valence-corrected chi connectivity index (χ1v) is 6.80. The third-order valence-corrected chi connectivity index (χ3v) is 4.08. The van der Waals surface area contributed by atoms with E-state index in [-0.39, 0.29) is 5.82 Å². The molecule has 0 bridgehead atoms. The summed E-state index contributed by atoms with van der Waals surface area (Å²) in [4.78, 5) is 0. The van der Waals surface area contributed by atoms with Crippen molar-refractivity contribution in [1.82, 2.24) is 5.32 Å². The molecule has 0 saturated carbocycles. The van der Waals surface area contributed by atoms with E-state index >= 15 is 0 Å². The fourth-order valence-corrected chi connectivity index (χ4v) is 3.12. The normalized spacial score (nSPS) is 18.3. The zero-order valence-corrected chi connectivity index (χ0v) is 10.3. The summed E-state index contributed by atoms with van der Waals surface area (Å²) in [6.07, 6.45) is 1.85. The van der Waals surface area contributed by atoms with Crippen LogP contribution in [0, 0.1) is 5.82 Å². The number of rotatable bonds is 3. The summed E-state index contributed by atoms with van der Waals surface area (Å²) in [5, 5.41) is 7.74. The molecule has 17 heavy (non-hydrogen) atoms. The Morgan fingerprint density at radius 1 is 1.35 bits per heavy atom. The third kappa shape index (κ3) is 2.13. The predicted octanol–water partition coefficient (Wildman–Crippen LogP) is 3.66. The second-order valence-corrected chi connectivity index (χ2v) is 5.19. The number of fused-ring (bicyclic) bond motifs is 1. The van der Waals surface area contributed by atoms with E-state index in [1.54, 1.807) is 23.5 Å². The van der Waals surface area contributed by atoms with Gasteiger partial charge < -0.3 is 5.32 Å². The first kappa shape index (κ1) is 10.9. The van der Waals surface area contributed by atoms with Crippen LogP contribution in [0.4, 0.5) is 4.39 Å². The highest BCUT2D eigenvalue weighted by molar-refractivity contribution is 7.07. The highest BCUT2D eigenvalue weighted by atomic mass is 32.1. The maximum atomic E-state index is 13.6.